The summed E-state index contributed by atoms with van der Waals surface area (Å²) in [5.74, 6) is 1.000. The number of rotatable bonds is 4. The topological polar surface area (TPSA) is 62.1 Å². The van der Waals surface area contributed by atoms with Crippen molar-refractivity contribution in [1.29, 1.82) is 0 Å². The van der Waals surface area contributed by atoms with Crippen LogP contribution in [0.4, 0.5) is 0 Å². The lowest BCUT2D eigenvalue weighted by atomic mass is 9.76. The number of nitrogens with one attached hydrogen (secondary N) is 1. The molecule has 4 nitrogen and oxygen atoms in total. The normalized spacial score (nSPS) is 28.1. The van der Waals surface area contributed by atoms with Crippen LogP contribution in [0.25, 0.3) is 10.9 Å². The van der Waals surface area contributed by atoms with E-state index in [1.165, 1.54) is 48.1 Å². The minimum Gasteiger partial charge on any atom is -0.369 e. The van der Waals surface area contributed by atoms with Crippen LogP contribution in [-0.4, -0.2) is 35.4 Å². The van der Waals surface area contributed by atoms with Crippen LogP contribution in [-0.2, 0) is 11.2 Å². The number of primary amides is 1. The van der Waals surface area contributed by atoms with Crippen molar-refractivity contribution in [2.75, 3.05) is 19.6 Å². The molecular weight excluding hydrogens is 286 g/mol. The molecule has 5 rings (SSSR count). The minimum absolute atomic E-state index is 0.131. The molecule has 2 unspecified atom stereocenters. The Bertz CT molecular complexity index is 727. The Morgan fingerprint density at radius 3 is 2.74 bits per heavy atom. The van der Waals surface area contributed by atoms with E-state index in [2.05, 4.69) is 34.1 Å². The molecule has 2 aromatic rings. The average molecular weight is 311 g/mol. The van der Waals surface area contributed by atoms with Gasteiger partial charge in [0.1, 0.15) is 0 Å². The minimum atomic E-state index is -0.213. The third-order valence-corrected chi connectivity index (χ3v) is 5.87. The van der Waals surface area contributed by atoms with Gasteiger partial charge >= 0.3 is 0 Å². The van der Waals surface area contributed by atoms with Crippen LogP contribution < -0.4 is 5.73 Å². The number of aromatic nitrogens is 1. The van der Waals surface area contributed by atoms with Crippen molar-refractivity contribution in [3.05, 3.63) is 35.5 Å². The highest BCUT2D eigenvalue weighted by molar-refractivity contribution is 5.86. The van der Waals surface area contributed by atoms with Gasteiger partial charge in [0.05, 0.1) is 0 Å². The zero-order chi connectivity index (χ0) is 16.0. The number of nitrogens with two attached hydrogens (primary N) is 1. The van der Waals surface area contributed by atoms with E-state index in [1.807, 2.05) is 6.92 Å². The van der Waals surface area contributed by atoms with E-state index in [4.69, 9.17) is 5.73 Å². The summed E-state index contributed by atoms with van der Waals surface area (Å²) in [5, 5.41) is 1.26. The monoisotopic (exact) mass is 311 g/mol. The Labute approximate surface area is 137 Å². The average Bonchev–Trinajstić information content (AvgIpc) is 2.94. The standard InChI is InChI=1S/C19H25N3O/c1-12(19(20)23)10-15-14-4-2-3-5-17(14)21-18(15)16-11-22-8-6-13(16)7-9-22/h2-5,12-13,16,21H,6-11H2,1H3,(H2,20,23). The van der Waals surface area contributed by atoms with Gasteiger partial charge in [0.15, 0.2) is 0 Å². The number of carbonyl (C=O) groups excluding carboxylic acids is 1. The molecule has 2 bridgehead atoms. The van der Waals surface area contributed by atoms with Gasteiger partial charge in [0.2, 0.25) is 5.91 Å². The Morgan fingerprint density at radius 1 is 1.35 bits per heavy atom. The van der Waals surface area contributed by atoms with E-state index in [9.17, 15) is 4.79 Å². The fourth-order valence-electron chi connectivity index (χ4n) is 4.46. The zero-order valence-electron chi connectivity index (χ0n) is 13.7. The largest absolute Gasteiger partial charge is 0.369 e. The lowest BCUT2D eigenvalue weighted by Gasteiger charge is -2.45. The van der Waals surface area contributed by atoms with Crippen LogP contribution in [0.2, 0.25) is 0 Å². The van der Waals surface area contributed by atoms with E-state index < -0.39 is 0 Å². The summed E-state index contributed by atoms with van der Waals surface area (Å²) in [6.45, 7) is 5.57. The van der Waals surface area contributed by atoms with Gasteiger partial charge in [0, 0.05) is 35.0 Å². The second kappa shape index (κ2) is 5.68. The molecule has 23 heavy (non-hydrogen) atoms. The summed E-state index contributed by atoms with van der Waals surface area (Å²) in [4.78, 5) is 17.8. The van der Waals surface area contributed by atoms with Crippen molar-refractivity contribution in [3.8, 4) is 0 Å². The summed E-state index contributed by atoms with van der Waals surface area (Å²) in [5.41, 5.74) is 9.38. The number of amides is 1. The number of aromatic amines is 1. The zero-order valence-corrected chi connectivity index (χ0v) is 13.7. The van der Waals surface area contributed by atoms with Gasteiger partial charge in [-0.15, -0.1) is 0 Å². The highest BCUT2D eigenvalue weighted by Crippen LogP contribution is 2.41. The number of para-hydroxylation sites is 1. The number of nitrogens with zero attached hydrogens (tertiary/aromatic N) is 1. The van der Waals surface area contributed by atoms with Gasteiger partial charge in [0.25, 0.3) is 0 Å². The first kappa shape index (κ1) is 14.8. The maximum atomic E-state index is 11.6. The molecule has 1 aromatic carbocycles. The molecule has 3 saturated heterocycles. The summed E-state index contributed by atoms with van der Waals surface area (Å²) in [7, 11) is 0. The Kier molecular flexibility index (Phi) is 3.64. The van der Waals surface area contributed by atoms with E-state index >= 15 is 0 Å². The van der Waals surface area contributed by atoms with Crippen LogP contribution in [0, 0.1) is 11.8 Å². The van der Waals surface area contributed by atoms with Crippen molar-refractivity contribution < 1.29 is 4.79 Å². The van der Waals surface area contributed by atoms with Crippen LogP contribution in [0.15, 0.2) is 24.3 Å². The van der Waals surface area contributed by atoms with Crippen molar-refractivity contribution in [2.24, 2.45) is 17.6 Å². The molecule has 3 aliphatic heterocycles. The lowest BCUT2D eigenvalue weighted by Crippen LogP contribution is -2.46. The molecule has 0 radical (unpaired) electrons. The number of piperidine rings is 3. The number of hydrogen-bond donors (Lipinski definition) is 2. The third kappa shape index (κ3) is 2.55. The van der Waals surface area contributed by atoms with Gasteiger partial charge in [-0.3, -0.25) is 4.79 Å². The van der Waals surface area contributed by atoms with Crippen molar-refractivity contribution in [3.63, 3.8) is 0 Å². The second-order valence-electron chi connectivity index (χ2n) is 7.31. The molecule has 2 atom stereocenters. The molecule has 4 heteroatoms. The number of fused-ring (bicyclic) bond motifs is 4. The fraction of sp³-hybridized carbons (Fsp3) is 0.526. The fourth-order valence-corrected chi connectivity index (χ4v) is 4.46. The smallest absolute Gasteiger partial charge is 0.220 e. The molecule has 4 heterocycles. The summed E-state index contributed by atoms with van der Waals surface area (Å²) in [6.07, 6.45) is 3.33. The Hall–Kier alpha value is -1.81. The highest BCUT2D eigenvalue weighted by Gasteiger charge is 2.37. The quantitative estimate of drug-likeness (QED) is 0.912. The van der Waals surface area contributed by atoms with Gasteiger partial charge in [-0.05, 0) is 49.9 Å². The highest BCUT2D eigenvalue weighted by atomic mass is 16.1. The van der Waals surface area contributed by atoms with E-state index in [0.29, 0.717) is 5.92 Å². The van der Waals surface area contributed by atoms with E-state index in [0.717, 1.165) is 18.9 Å². The van der Waals surface area contributed by atoms with Crippen LogP contribution in [0.1, 0.15) is 36.9 Å². The molecule has 3 N–H and O–H groups in total. The van der Waals surface area contributed by atoms with Gasteiger partial charge in [-0.1, -0.05) is 25.1 Å². The molecule has 3 aliphatic rings. The first-order chi connectivity index (χ1) is 11.1. The third-order valence-electron chi connectivity index (χ3n) is 5.87. The van der Waals surface area contributed by atoms with Gasteiger partial charge in [-0.2, -0.15) is 0 Å². The molecule has 3 fully saturated rings. The summed E-state index contributed by atoms with van der Waals surface area (Å²) < 4.78 is 0. The van der Waals surface area contributed by atoms with E-state index in [1.54, 1.807) is 0 Å². The molecule has 1 aromatic heterocycles. The number of hydrogen-bond acceptors (Lipinski definition) is 2. The van der Waals surface area contributed by atoms with Gasteiger partial charge in [-0.25, -0.2) is 0 Å². The maximum Gasteiger partial charge on any atom is 0.220 e. The SMILES string of the molecule is CC(Cc1c(C2CN3CCC2CC3)[nH]c2ccccc12)C(N)=O. The van der Waals surface area contributed by atoms with E-state index in [-0.39, 0.29) is 11.8 Å². The molecule has 122 valence electrons. The van der Waals surface area contributed by atoms with Gasteiger partial charge < -0.3 is 15.6 Å². The van der Waals surface area contributed by atoms with Crippen LogP contribution >= 0.6 is 0 Å². The lowest BCUT2D eigenvalue weighted by molar-refractivity contribution is -0.121. The van der Waals surface area contributed by atoms with Crippen molar-refractivity contribution in [1.82, 2.24) is 9.88 Å². The number of benzene rings is 1. The number of carbonyl (C=O) groups is 1. The van der Waals surface area contributed by atoms with Crippen LogP contribution in [0.3, 0.4) is 0 Å². The molecule has 0 aliphatic carbocycles. The Morgan fingerprint density at radius 2 is 2.09 bits per heavy atom. The summed E-state index contributed by atoms with van der Waals surface area (Å²) in [6, 6.07) is 8.45. The van der Waals surface area contributed by atoms with Crippen LogP contribution in [0.5, 0.6) is 0 Å². The maximum absolute atomic E-state index is 11.6. The van der Waals surface area contributed by atoms with Crippen molar-refractivity contribution in [2.45, 2.75) is 32.1 Å². The molecular formula is C19H25N3O. The predicted molar refractivity (Wildman–Crippen MR) is 92.3 cm³/mol. The molecule has 0 spiro atoms. The first-order valence-corrected chi connectivity index (χ1v) is 8.74. The second-order valence-corrected chi connectivity index (χ2v) is 7.31. The molecule has 1 amide bonds. The van der Waals surface area contributed by atoms with Crippen molar-refractivity contribution >= 4 is 16.8 Å². The Balaban J connectivity index is 1.77. The first-order valence-electron chi connectivity index (χ1n) is 8.74. The summed E-state index contributed by atoms with van der Waals surface area (Å²) >= 11 is 0. The predicted octanol–water partition coefficient (Wildman–Crippen LogP) is 2.64. The molecule has 0 saturated carbocycles. The number of H-pyrrole nitrogens is 1.